The van der Waals surface area contributed by atoms with E-state index in [1.54, 1.807) is 6.07 Å². The van der Waals surface area contributed by atoms with Crippen LogP contribution in [0.5, 0.6) is 0 Å². The molecule has 3 rings (SSSR count). The van der Waals surface area contributed by atoms with E-state index in [0.717, 1.165) is 0 Å². The first kappa shape index (κ1) is 14.4. The molecule has 2 N–H and O–H groups in total. The fraction of sp³-hybridized carbons (Fsp3) is 0. The highest BCUT2D eigenvalue weighted by molar-refractivity contribution is 6.54. The number of carboxylic acids is 1. The molecule has 1 aliphatic rings. The number of hydrogen-bond acceptors (Lipinski definition) is 5. The number of carbonyl (C=O) groups excluding carboxylic acids is 1. The van der Waals surface area contributed by atoms with Gasteiger partial charge in [-0.1, -0.05) is 6.07 Å². The van der Waals surface area contributed by atoms with Crippen LogP contribution in [-0.2, 0) is 4.79 Å². The highest BCUT2D eigenvalue weighted by Gasteiger charge is 2.28. The average Bonchev–Trinajstić information content (AvgIpc) is 2.83. The fourth-order valence-electron chi connectivity index (χ4n) is 2.20. The van der Waals surface area contributed by atoms with Gasteiger partial charge < -0.3 is 10.4 Å². The van der Waals surface area contributed by atoms with Crippen LogP contribution in [0.2, 0.25) is 0 Å². The van der Waals surface area contributed by atoms with Crippen LogP contribution in [0, 0.1) is 10.1 Å². The molecule has 0 aliphatic carbocycles. The van der Waals surface area contributed by atoms with Crippen molar-refractivity contribution in [1.82, 2.24) is 0 Å². The van der Waals surface area contributed by atoms with Crippen LogP contribution < -0.4 is 5.32 Å². The summed E-state index contributed by atoms with van der Waals surface area (Å²) in [6.07, 6.45) is 0. The van der Waals surface area contributed by atoms with Crippen LogP contribution in [-0.4, -0.2) is 27.6 Å². The number of anilines is 1. The molecule has 1 aliphatic heterocycles. The van der Waals surface area contributed by atoms with Gasteiger partial charge in [-0.25, -0.2) is 9.79 Å². The third-order valence-corrected chi connectivity index (χ3v) is 3.27. The molecule has 8 nitrogen and oxygen atoms in total. The number of non-ortho nitro benzene ring substituents is 1. The van der Waals surface area contributed by atoms with Gasteiger partial charge in [-0.2, -0.15) is 0 Å². The topological polar surface area (TPSA) is 122 Å². The Hall–Kier alpha value is -3.55. The number of aromatic carboxylic acids is 1. The Balaban J connectivity index is 2.09. The highest BCUT2D eigenvalue weighted by Crippen LogP contribution is 2.29. The summed E-state index contributed by atoms with van der Waals surface area (Å²) in [7, 11) is 0. The normalized spacial score (nSPS) is 14.4. The largest absolute Gasteiger partial charge is 0.478 e. The Morgan fingerprint density at radius 3 is 2.70 bits per heavy atom. The van der Waals surface area contributed by atoms with Gasteiger partial charge in [-0.05, 0) is 24.3 Å². The average molecular weight is 311 g/mol. The van der Waals surface area contributed by atoms with E-state index in [4.69, 9.17) is 5.11 Å². The van der Waals surface area contributed by atoms with Crippen LogP contribution in [0.3, 0.4) is 0 Å². The van der Waals surface area contributed by atoms with Crippen molar-refractivity contribution in [2.45, 2.75) is 0 Å². The molecule has 0 unspecified atom stereocenters. The van der Waals surface area contributed by atoms with Crippen LogP contribution in [0.1, 0.15) is 15.9 Å². The Morgan fingerprint density at radius 2 is 2.00 bits per heavy atom. The Labute approximate surface area is 129 Å². The van der Waals surface area contributed by atoms with Crippen molar-refractivity contribution in [2.75, 3.05) is 5.32 Å². The third kappa shape index (κ3) is 2.64. The lowest BCUT2D eigenvalue weighted by Crippen LogP contribution is -2.14. The molecule has 0 saturated carbocycles. The molecule has 0 saturated heterocycles. The summed E-state index contributed by atoms with van der Waals surface area (Å²) in [5.74, 6) is -1.61. The van der Waals surface area contributed by atoms with Crippen molar-refractivity contribution in [1.29, 1.82) is 0 Å². The van der Waals surface area contributed by atoms with Gasteiger partial charge in [0.2, 0.25) is 0 Å². The first-order valence-electron chi connectivity index (χ1n) is 6.48. The van der Waals surface area contributed by atoms with Gasteiger partial charge in [0, 0.05) is 17.7 Å². The molecule has 2 aromatic rings. The molecule has 0 atom stereocenters. The number of nitro groups is 1. The Bertz CT molecular complexity index is 888. The molecule has 0 spiro atoms. The van der Waals surface area contributed by atoms with Gasteiger partial charge in [0.25, 0.3) is 11.6 Å². The monoisotopic (exact) mass is 311 g/mol. The fourth-order valence-corrected chi connectivity index (χ4v) is 2.20. The predicted octanol–water partition coefficient (Wildman–Crippen LogP) is 2.37. The van der Waals surface area contributed by atoms with Crippen LogP contribution in [0.15, 0.2) is 47.5 Å². The number of rotatable bonds is 3. The molecule has 0 fully saturated rings. The molecular formula is C15H9N3O5. The standard InChI is InChI=1S/C15H9N3O5/c19-14-13(16-9-3-1-2-8(6-9)15(20)21)11-7-10(18(22)23)4-5-12(11)17-14/h1-7H,(H,20,21)(H,16,17,19). The number of benzene rings is 2. The van der Waals surface area contributed by atoms with Gasteiger partial charge in [0.15, 0.2) is 0 Å². The zero-order valence-corrected chi connectivity index (χ0v) is 11.5. The van der Waals surface area contributed by atoms with Crippen LogP contribution in [0.4, 0.5) is 17.1 Å². The van der Waals surface area contributed by atoms with E-state index >= 15 is 0 Å². The van der Waals surface area contributed by atoms with Crippen molar-refractivity contribution in [3.8, 4) is 0 Å². The number of aliphatic imine (C=N–C) groups is 1. The van der Waals surface area contributed by atoms with Gasteiger partial charge in [-0.15, -0.1) is 0 Å². The van der Waals surface area contributed by atoms with Crippen molar-refractivity contribution < 1.29 is 19.6 Å². The maximum absolute atomic E-state index is 12.0. The third-order valence-electron chi connectivity index (χ3n) is 3.27. The van der Waals surface area contributed by atoms with E-state index in [1.165, 1.54) is 36.4 Å². The Morgan fingerprint density at radius 1 is 1.22 bits per heavy atom. The summed E-state index contributed by atoms with van der Waals surface area (Å²) in [6, 6.07) is 9.74. The number of carbonyl (C=O) groups is 2. The first-order chi connectivity index (χ1) is 11.0. The van der Waals surface area contributed by atoms with Crippen molar-refractivity contribution >= 4 is 34.7 Å². The van der Waals surface area contributed by atoms with Crippen LogP contribution in [0.25, 0.3) is 0 Å². The van der Waals surface area contributed by atoms with Gasteiger partial charge in [0.05, 0.1) is 21.9 Å². The number of nitrogens with zero attached hydrogens (tertiary/aromatic N) is 2. The van der Waals surface area contributed by atoms with Crippen molar-refractivity contribution in [3.05, 3.63) is 63.7 Å². The molecule has 2 aromatic carbocycles. The van der Waals surface area contributed by atoms with Gasteiger partial charge in [0.1, 0.15) is 5.71 Å². The molecule has 0 bridgehead atoms. The van der Waals surface area contributed by atoms with Crippen molar-refractivity contribution in [2.24, 2.45) is 4.99 Å². The quantitative estimate of drug-likeness (QED) is 0.665. The van der Waals surface area contributed by atoms with E-state index in [-0.39, 0.29) is 22.6 Å². The number of nitro benzene ring substituents is 1. The van der Waals surface area contributed by atoms with E-state index in [1.807, 2.05) is 0 Å². The second-order valence-corrected chi connectivity index (χ2v) is 4.76. The lowest BCUT2D eigenvalue weighted by molar-refractivity contribution is -0.384. The second-order valence-electron chi connectivity index (χ2n) is 4.76. The number of nitrogens with one attached hydrogen (secondary N) is 1. The lowest BCUT2D eigenvalue weighted by atomic mass is 10.1. The second kappa shape index (κ2) is 5.34. The summed E-state index contributed by atoms with van der Waals surface area (Å²) in [5, 5.41) is 22.4. The van der Waals surface area contributed by atoms with Gasteiger partial charge in [-0.3, -0.25) is 14.9 Å². The maximum Gasteiger partial charge on any atom is 0.335 e. The summed E-state index contributed by atoms with van der Waals surface area (Å²) in [4.78, 5) is 37.4. The summed E-state index contributed by atoms with van der Waals surface area (Å²) in [6.45, 7) is 0. The van der Waals surface area contributed by atoms with E-state index in [0.29, 0.717) is 11.3 Å². The van der Waals surface area contributed by atoms with E-state index in [9.17, 15) is 19.7 Å². The van der Waals surface area contributed by atoms with Crippen molar-refractivity contribution in [3.63, 3.8) is 0 Å². The zero-order chi connectivity index (χ0) is 16.6. The first-order valence-corrected chi connectivity index (χ1v) is 6.48. The molecule has 0 radical (unpaired) electrons. The lowest BCUT2D eigenvalue weighted by Gasteiger charge is -2.00. The van der Waals surface area contributed by atoms with Crippen LogP contribution >= 0.6 is 0 Å². The number of fused-ring (bicyclic) bond motifs is 1. The molecule has 1 amide bonds. The SMILES string of the molecule is O=C1Nc2ccc([N+](=O)[O-])cc2C1=Nc1cccc(C(=O)O)c1. The molecule has 1 heterocycles. The number of carboxylic acid groups (broad SMARTS) is 1. The minimum Gasteiger partial charge on any atom is -0.478 e. The minimum absolute atomic E-state index is 0.00578. The van der Waals surface area contributed by atoms with E-state index in [2.05, 4.69) is 10.3 Å². The molecule has 114 valence electrons. The number of hydrogen-bond donors (Lipinski definition) is 2. The maximum atomic E-state index is 12.0. The predicted molar refractivity (Wildman–Crippen MR) is 81.3 cm³/mol. The molecule has 8 heteroatoms. The highest BCUT2D eigenvalue weighted by atomic mass is 16.6. The minimum atomic E-state index is -1.11. The molecular weight excluding hydrogens is 302 g/mol. The summed E-state index contributed by atoms with van der Waals surface area (Å²) in [5.41, 5.74) is 0.885. The molecule has 23 heavy (non-hydrogen) atoms. The summed E-state index contributed by atoms with van der Waals surface area (Å²) >= 11 is 0. The zero-order valence-electron chi connectivity index (χ0n) is 11.5. The number of amides is 1. The molecule has 0 aromatic heterocycles. The van der Waals surface area contributed by atoms with Gasteiger partial charge >= 0.3 is 5.97 Å². The smallest absolute Gasteiger partial charge is 0.335 e. The Kier molecular flexibility index (Phi) is 3.34. The van der Waals surface area contributed by atoms with E-state index < -0.39 is 16.8 Å². The summed E-state index contributed by atoms with van der Waals surface area (Å²) < 4.78 is 0.